The van der Waals surface area contributed by atoms with Crippen molar-refractivity contribution >= 4 is 28.8 Å². The number of benzene rings is 2. The average Bonchev–Trinajstić information content (AvgIpc) is 3.28. The minimum atomic E-state index is -0.297. The van der Waals surface area contributed by atoms with Gasteiger partial charge in [0.25, 0.3) is 5.91 Å². The molecule has 0 atom stereocenters. The summed E-state index contributed by atoms with van der Waals surface area (Å²) in [6.45, 7) is 3.47. The molecule has 0 bridgehead atoms. The molecule has 2 heterocycles. The van der Waals surface area contributed by atoms with Gasteiger partial charge < -0.3 is 20.7 Å². The normalized spacial score (nSPS) is 13.1. The Balaban J connectivity index is 1.60. The first-order valence-electron chi connectivity index (χ1n) is 11.9. The zero-order valence-corrected chi connectivity index (χ0v) is 20.6. The third-order valence-corrected chi connectivity index (χ3v) is 6.74. The molecule has 4 aromatic rings. The van der Waals surface area contributed by atoms with Gasteiger partial charge in [0.1, 0.15) is 23.3 Å². The molecule has 1 saturated carbocycles. The highest BCUT2D eigenvalue weighted by molar-refractivity contribution is 6.01. The molecule has 0 aliphatic heterocycles. The zero-order chi connectivity index (χ0) is 26.1. The van der Waals surface area contributed by atoms with E-state index in [1.54, 1.807) is 30.2 Å². The van der Waals surface area contributed by atoms with E-state index in [1.165, 1.54) is 17.0 Å². The van der Waals surface area contributed by atoms with Crippen LogP contribution in [0.3, 0.4) is 0 Å². The maximum atomic E-state index is 13.2. The second-order valence-corrected chi connectivity index (χ2v) is 8.89. The summed E-state index contributed by atoms with van der Waals surface area (Å²) in [5.74, 6) is 0.349. The fourth-order valence-corrected chi connectivity index (χ4v) is 4.45. The summed E-state index contributed by atoms with van der Waals surface area (Å²) in [5, 5.41) is 11.7. The van der Waals surface area contributed by atoms with Gasteiger partial charge in [0.05, 0.1) is 12.7 Å². The van der Waals surface area contributed by atoms with Crippen LogP contribution in [0.5, 0.6) is 5.75 Å². The van der Waals surface area contributed by atoms with Crippen LogP contribution in [-0.4, -0.2) is 56.7 Å². The molecule has 2 aromatic heterocycles. The smallest absolute Gasteiger partial charge is 0.257 e. The van der Waals surface area contributed by atoms with Crippen LogP contribution in [0.25, 0.3) is 27.9 Å². The van der Waals surface area contributed by atoms with Gasteiger partial charge >= 0.3 is 0 Å². The lowest BCUT2D eigenvalue weighted by Gasteiger charge is -2.35. The zero-order valence-electron chi connectivity index (χ0n) is 20.6. The van der Waals surface area contributed by atoms with Crippen LogP contribution < -0.4 is 15.8 Å². The van der Waals surface area contributed by atoms with E-state index in [4.69, 9.17) is 10.5 Å². The van der Waals surface area contributed by atoms with Crippen molar-refractivity contribution in [3.05, 3.63) is 67.0 Å². The van der Waals surface area contributed by atoms with Crippen LogP contribution in [0.1, 0.15) is 29.6 Å². The van der Waals surface area contributed by atoms with Crippen LogP contribution in [0.15, 0.2) is 61.4 Å². The number of amides is 2. The Hall–Kier alpha value is -4.73. The first-order chi connectivity index (χ1) is 17.9. The molecule has 0 unspecified atom stereocenters. The topological polar surface area (TPSA) is 128 Å². The quantitative estimate of drug-likeness (QED) is 0.372. The van der Waals surface area contributed by atoms with E-state index in [2.05, 4.69) is 27.1 Å². The van der Waals surface area contributed by atoms with Crippen LogP contribution in [-0.2, 0) is 4.79 Å². The first-order valence-corrected chi connectivity index (χ1v) is 11.9. The number of methoxy groups -OCH3 is 1. The highest BCUT2D eigenvalue weighted by atomic mass is 16.5. The summed E-state index contributed by atoms with van der Waals surface area (Å²) in [5.41, 5.74) is 10.7. The SMILES string of the molecule is C=CC(=O)Nc1ccc(-c2nn3ncnc(N)c3c2-c2ccc(C(=O)N(C)C3CCC3)c(OC)c2)cc1. The number of nitrogens with zero attached hydrogens (tertiary/aromatic N) is 5. The molecule has 0 spiro atoms. The Morgan fingerprint density at radius 3 is 2.57 bits per heavy atom. The minimum absolute atomic E-state index is 0.0757. The second-order valence-electron chi connectivity index (χ2n) is 8.89. The molecule has 0 radical (unpaired) electrons. The van der Waals surface area contributed by atoms with Crippen molar-refractivity contribution in [3.63, 3.8) is 0 Å². The van der Waals surface area contributed by atoms with E-state index in [1.807, 2.05) is 31.3 Å². The third-order valence-electron chi connectivity index (χ3n) is 6.74. The number of rotatable bonds is 7. The van der Waals surface area contributed by atoms with Gasteiger partial charge in [-0.05, 0) is 55.2 Å². The van der Waals surface area contributed by atoms with Gasteiger partial charge in [-0.3, -0.25) is 9.59 Å². The maximum absolute atomic E-state index is 13.2. The largest absolute Gasteiger partial charge is 0.496 e. The summed E-state index contributed by atoms with van der Waals surface area (Å²) in [6, 6.07) is 12.9. The van der Waals surface area contributed by atoms with Crippen molar-refractivity contribution in [1.82, 2.24) is 24.7 Å². The molecule has 37 heavy (non-hydrogen) atoms. The van der Waals surface area contributed by atoms with E-state index in [-0.39, 0.29) is 23.7 Å². The molecular formula is C27H27N7O3. The fraction of sp³-hybridized carbons (Fsp3) is 0.222. The molecule has 1 aliphatic carbocycles. The Kier molecular flexibility index (Phi) is 6.31. The molecule has 5 rings (SSSR count). The fourth-order valence-electron chi connectivity index (χ4n) is 4.45. The number of ether oxygens (including phenoxy) is 1. The van der Waals surface area contributed by atoms with Crippen LogP contribution in [0.4, 0.5) is 11.5 Å². The summed E-state index contributed by atoms with van der Waals surface area (Å²) in [6.07, 6.45) is 5.73. The lowest BCUT2D eigenvalue weighted by atomic mass is 9.91. The van der Waals surface area contributed by atoms with Crippen molar-refractivity contribution < 1.29 is 14.3 Å². The van der Waals surface area contributed by atoms with Crippen molar-refractivity contribution in [2.45, 2.75) is 25.3 Å². The Morgan fingerprint density at radius 2 is 1.92 bits per heavy atom. The van der Waals surface area contributed by atoms with Crippen LogP contribution >= 0.6 is 0 Å². The number of hydrogen-bond acceptors (Lipinski definition) is 7. The van der Waals surface area contributed by atoms with Gasteiger partial charge in [-0.1, -0.05) is 24.8 Å². The third kappa shape index (κ3) is 4.37. The summed E-state index contributed by atoms with van der Waals surface area (Å²) >= 11 is 0. The van der Waals surface area contributed by atoms with Crippen LogP contribution in [0, 0.1) is 0 Å². The number of carbonyl (C=O) groups excluding carboxylic acids is 2. The van der Waals surface area contributed by atoms with Crippen molar-refractivity contribution in [2.75, 3.05) is 25.2 Å². The summed E-state index contributed by atoms with van der Waals surface area (Å²) < 4.78 is 7.09. The van der Waals surface area contributed by atoms with E-state index < -0.39 is 0 Å². The van der Waals surface area contributed by atoms with E-state index >= 15 is 0 Å². The van der Waals surface area contributed by atoms with E-state index in [0.717, 1.165) is 30.4 Å². The molecule has 0 saturated heterocycles. The summed E-state index contributed by atoms with van der Waals surface area (Å²) in [4.78, 5) is 30.8. The first kappa shape index (κ1) is 24.0. The predicted octanol–water partition coefficient (Wildman–Crippen LogP) is 3.80. The number of fused-ring (bicyclic) bond motifs is 1. The molecule has 1 fully saturated rings. The highest BCUT2D eigenvalue weighted by Gasteiger charge is 2.28. The number of anilines is 2. The molecule has 2 aromatic carbocycles. The number of nitrogens with one attached hydrogen (secondary N) is 1. The Bertz CT molecular complexity index is 1510. The average molecular weight is 498 g/mol. The number of nitrogens with two attached hydrogens (primary N) is 1. The van der Waals surface area contributed by atoms with Gasteiger partial charge in [-0.25, -0.2) is 4.98 Å². The molecule has 1 aliphatic rings. The lowest BCUT2D eigenvalue weighted by Crippen LogP contribution is -2.41. The highest BCUT2D eigenvalue weighted by Crippen LogP contribution is 2.39. The van der Waals surface area contributed by atoms with Gasteiger partial charge in [0.15, 0.2) is 5.82 Å². The minimum Gasteiger partial charge on any atom is -0.496 e. The summed E-state index contributed by atoms with van der Waals surface area (Å²) in [7, 11) is 3.38. The lowest BCUT2D eigenvalue weighted by molar-refractivity contribution is -0.111. The number of nitrogen functional groups attached to an aromatic ring is 1. The molecule has 3 N–H and O–H groups in total. The standard InChI is InChI=1S/C27H27N7O3/c1-4-22(35)31-18-11-8-16(9-12-18)24-23(25-26(28)29-15-30-34(25)32-24)17-10-13-20(21(14-17)37-3)27(36)33(2)19-6-5-7-19/h4,8-15,19H,1,5-7H2,2-3H3,(H,31,35)(H2,28,29,30). The van der Waals surface area contributed by atoms with Crippen LogP contribution in [0.2, 0.25) is 0 Å². The molecular weight excluding hydrogens is 470 g/mol. The monoisotopic (exact) mass is 497 g/mol. The number of carbonyl (C=O) groups is 2. The van der Waals surface area contributed by atoms with Crippen molar-refractivity contribution in [3.8, 4) is 28.1 Å². The predicted molar refractivity (Wildman–Crippen MR) is 141 cm³/mol. The number of aromatic nitrogens is 4. The molecule has 188 valence electrons. The second kappa shape index (κ2) is 9.73. The number of hydrogen-bond donors (Lipinski definition) is 2. The maximum Gasteiger partial charge on any atom is 0.257 e. The Morgan fingerprint density at radius 1 is 1.19 bits per heavy atom. The molecule has 2 amide bonds. The molecule has 10 nitrogen and oxygen atoms in total. The van der Waals surface area contributed by atoms with E-state index in [0.29, 0.717) is 33.8 Å². The van der Waals surface area contributed by atoms with E-state index in [9.17, 15) is 9.59 Å². The van der Waals surface area contributed by atoms with Gasteiger partial charge in [0, 0.05) is 29.9 Å². The van der Waals surface area contributed by atoms with Gasteiger partial charge in [0.2, 0.25) is 5.91 Å². The van der Waals surface area contributed by atoms with Gasteiger partial charge in [-0.15, -0.1) is 14.8 Å². The Labute approximate surface area is 213 Å². The van der Waals surface area contributed by atoms with Crippen molar-refractivity contribution in [2.24, 2.45) is 0 Å². The van der Waals surface area contributed by atoms with Gasteiger partial charge in [-0.2, -0.15) is 0 Å². The molecule has 10 heteroatoms. The van der Waals surface area contributed by atoms with Crippen molar-refractivity contribution in [1.29, 1.82) is 0 Å².